The number of hydrogen-bond donors (Lipinski definition) is 1. The second-order valence-corrected chi connectivity index (χ2v) is 4.25. The number of fused-ring (bicyclic) bond motifs is 1. The van der Waals surface area contributed by atoms with Gasteiger partial charge in [0, 0.05) is 17.5 Å². The maximum Gasteiger partial charge on any atom is 0.251 e. The molecular formula is C13H14ClNO2. The van der Waals surface area contributed by atoms with Crippen molar-refractivity contribution in [2.45, 2.75) is 12.8 Å². The Morgan fingerprint density at radius 1 is 1.35 bits per heavy atom. The lowest BCUT2D eigenvalue weighted by Crippen LogP contribution is -2.12. The number of methoxy groups -OCH3 is 1. The molecule has 0 unspecified atom stereocenters. The summed E-state index contributed by atoms with van der Waals surface area (Å²) in [7, 11) is 1.61. The van der Waals surface area contributed by atoms with Crippen molar-refractivity contribution in [3.8, 4) is 5.75 Å². The first-order chi connectivity index (χ1) is 8.24. The quantitative estimate of drug-likeness (QED) is 0.849. The highest BCUT2D eigenvalue weighted by Gasteiger charge is 2.03. The van der Waals surface area contributed by atoms with Crippen molar-refractivity contribution < 1.29 is 4.74 Å². The largest absolute Gasteiger partial charge is 0.497 e. The third kappa shape index (κ3) is 2.61. The minimum Gasteiger partial charge on any atom is -0.497 e. The zero-order valence-corrected chi connectivity index (χ0v) is 10.4. The number of aryl methyl sites for hydroxylation is 1. The van der Waals surface area contributed by atoms with Crippen LogP contribution in [0, 0.1) is 0 Å². The van der Waals surface area contributed by atoms with Gasteiger partial charge in [0.1, 0.15) is 5.75 Å². The minimum atomic E-state index is -0.0455. The summed E-state index contributed by atoms with van der Waals surface area (Å²) in [6, 6.07) is 7.56. The number of rotatable bonds is 4. The molecule has 0 atom stereocenters. The van der Waals surface area contributed by atoms with Crippen LogP contribution in [-0.4, -0.2) is 18.0 Å². The Balaban J connectivity index is 2.47. The lowest BCUT2D eigenvalue weighted by Gasteiger charge is -2.04. The molecule has 17 heavy (non-hydrogen) atoms. The van der Waals surface area contributed by atoms with Crippen LogP contribution < -0.4 is 10.3 Å². The fourth-order valence-corrected chi connectivity index (χ4v) is 1.93. The molecule has 0 spiro atoms. The molecule has 0 aliphatic rings. The molecule has 1 heterocycles. The summed E-state index contributed by atoms with van der Waals surface area (Å²) in [5, 5.41) is 1.01. The molecular weight excluding hydrogens is 238 g/mol. The number of pyridine rings is 1. The van der Waals surface area contributed by atoms with Crippen molar-refractivity contribution in [2.24, 2.45) is 0 Å². The van der Waals surface area contributed by atoms with E-state index in [-0.39, 0.29) is 5.56 Å². The Labute approximate surface area is 104 Å². The molecule has 2 rings (SSSR count). The Bertz CT molecular complexity index is 577. The Kier molecular flexibility index (Phi) is 3.69. The maximum atomic E-state index is 11.8. The monoisotopic (exact) mass is 251 g/mol. The molecule has 4 heteroatoms. The lowest BCUT2D eigenvalue weighted by molar-refractivity contribution is 0.415. The molecule has 0 amide bonds. The Morgan fingerprint density at radius 2 is 2.18 bits per heavy atom. The fraction of sp³-hybridized carbons (Fsp3) is 0.308. The van der Waals surface area contributed by atoms with Crippen LogP contribution in [0.2, 0.25) is 0 Å². The van der Waals surface area contributed by atoms with Gasteiger partial charge in [0.25, 0.3) is 5.56 Å². The molecule has 0 fully saturated rings. The predicted octanol–water partition coefficient (Wildman–Crippen LogP) is 2.71. The van der Waals surface area contributed by atoms with Crippen molar-refractivity contribution in [2.75, 3.05) is 13.0 Å². The van der Waals surface area contributed by atoms with Crippen LogP contribution in [-0.2, 0) is 6.42 Å². The average molecular weight is 252 g/mol. The van der Waals surface area contributed by atoms with Crippen LogP contribution in [0.15, 0.2) is 29.1 Å². The first kappa shape index (κ1) is 12.0. The highest BCUT2D eigenvalue weighted by Crippen LogP contribution is 2.18. The van der Waals surface area contributed by atoms with Gasteiger partial charge >= 0.3 is 0 Å². The molecule has 1 aromatic carbocycles. The lowest BCUT2D eigenvalue weighted by atomic mass is 10.1. The molecule has 0 saturated heterocycles. The van der Waals surface area contributed by atoms with Crippen molar-refractivity contribution in [1.29, 1.82) is 0 Å². The van der Waals surface area contributed by atoms with Crippen molar-refractivity contribution >= 4 is 22.5 Å². The number of halogens is 1. The van der Waals surface area contributed by atoms with Crippen LogP contribution in [0.1, 0.15) is 12.0 Å². The Morgan fingerprint density at radius 3 is 2.88 bits per heavy atom. The van der Waals surface area contributed by atoms with E-state index in [4.69, 9.17) is 16.3 Å². The van der Waals surface area contributed by atoms with Gasteiger partial charge in [-0.05, 0) is 36.4 Å². The molecule has 90 valence electrons. The molecule has 1 N–H and O–H groups in total. The molecule has 0 bridgehead atoms. The van der Waals surface area contributed by atoms with Crippen LogP contribution in [0.25, 0.3) is 10.9 Å². The number of alkyl halides is 1. The van der Waals surface area contributed by atoms with E-state index < -0.39 is 0 Å². The fourth-order valence-electron chi connectivity index (χ4n) is 1.80. The van der Waals surface area contributed by atoms with E-state index in [1.54, 1.807) is 7.11 Å². The molecule has 0 saturated carbocycles. The summed E-state index contributed by atoms with van der Waals surface area (Å²) in [4.78, 5) is 14.7. The van der Waals surface area contributed by atoms with Gasteiger partial charge in [-0.15, -0.1) is 11.6 Å². The van der Waals surface area contributed by atoms with E-state index in [2.05, 4.69) is 4.98 Å². The van der Waals surface area contributed by atoms with Crippen molar-refractivity contribution in [3.05, 3.63) is 40.2 Å². The Hall–Kier alpha value is -1.48. The van der Waals surface area contributed by atoms with Gasteiger partial charge in [0.2, 0.25) is 0 Å². The number of aromatic amines is 1. The summed E-state index contributed by atoms with van der Waals surface area (Å²) >= 11 is 5.63. The molecule has 0 aliphatic heterocycles. The van der Waals surface area contributed by atoms with Gasteiger partial charge in [-0.1, -0.05) is 0 Å². The van der Waals surface area contributed by atoms with E-state index in [0.29, 0.717) is 12.3 Å². The minimum absolute atomic E-state index is 0.0455. The summed E-state index contributed by atoms with van der Waals surface area (Å²) in [6.07, 6.45) is 1.52. The van der Waals surface area contributed by atoms with E-state index in [9.17, 15) is 4.79 Å². The normalized spacial score (nSPS) is 10.7. The number of nitrogens with one attached hydrogen (secondary N) is 1. The van der Waals surface area contributed by atoms with E-state index >= 15 is 0 Å². The van der Waals surface area contributed by atoms with Crippen molar-refractivity contribution in [3.63, 3.8) is 0 Å². The number of hydrogen-bond acceptors (Lipinski definition) is 2. The third-order valence-corrected chi connectivity index (χ3v) is 2.98. The van der Waals surface area contributed by atoms with Gasteiger partial charge in [-0.2, -0.15) is 0 Å². The van der Waals surface area contributed by atoms with E-state index in [1.165, 1.54) is 0 Å². The van der Waals surface area contributed by atoms with E-state index in [0.717, 1.165) is 28.6 Å². The summed E-state index contributed by atoms with van der Waals surface area (Å²) in [5.41, 5.74) is 1.53. The van der Waals surface area contributed by atoms with Crippen LogP contribution >= 0.6 is 11.6 Å². The summed E-state index contributed by atoms with van der Waals surface area (Å²) in [5.74, 6) is 1.31. The summed E-state index contributed by atoms with van der Waals surface area (Å²) in [6.45, 7) is 0. The molecule has 0 aliphatic carbocycles. The van der Waals surface area contributed by atoms with Gasteiger partial charge < -0.3 is 9.72 Å². The van der Waals surface area contributed by atoms with Crippen LogP contribution in [0.5, 0.6) is 5.75 Å². The standard InChI is InChI=1S/C13H14ClNO2/c1-17-11-5-4-9-7-10(3-2-6-14)13(16)15-12(9)8-11/h4-5,7-8H,2-3,6H2,1H3,(H,15,16). The smallest absolute Gasteiger partial charge is 0.251 e. The first-order valence-electron chi connectivity index (χ1n) is 5.50. The van der Waals surface area contributed by atoms with Gasteiger partial charge in [0.05, 0.1) is 12.6 Å². The first-order valence-corrected chi connectivity index (χ1v) is 6.04. The SMILES string of the molecule is COc1ccc2cc(CCCCl)c(=O)[nH]c2c1. The van der Waals surface area contributed by atoms with Crippen molar-refractivity contribution in [1.82, 2.24) is 4.98 Å². The highest BCUT2D eigenvalue weighted by molar-refractivity contribution is 6.17. The van der Waals surface area contributed by atoms with Crippen LogP contribution in [0.4, 0.5) is 0 Å². The van der Waals surface area contributed by atoms with Gasteiger partial charge in [0.15, 0.2) is 0 Å². The topological polar surface area (TPSA) is 42.1 Å². The average Bonchev–Trinajstić information content (AvgIpc) is 2.35. The second-order valence-electron chi connectivity index (χ2n) is 3.87. The molecule has 2 aromatic rings. The van der Waals surface area contributed by atoms with E-state index in [1.807, 2.05) is 24.3 Å². The van der Waals surface area contributed by atoms with Crippen LogP contribution in [0.3, 0.4) is 0 Å². The predicted molar refractivity (Wildman–Crippen MR) is 70.2 cm³/mol. The molecule has 0 radical (unpaired) electrons. The number of benzene rings is 1. The number of aromatic nitrogens is 1. The third-order valence-electron chi connectivity index (χ3n) is 2.71. The second kappa shape index (κ2) is 5.23. The molecule has 1 aromatic heterocycles. The summed E-state index contributed by atoms with van der Waals surface area (Å²) < 4.78 is 5.12. The number of ether oxygens (including phenoxy) is 1. The van der Waals surface area contributed by atoms with Gasteiger partial charge in [-0.3, -0.25) is 4.79 Å². The number of H-pyrrole nitrogens is 1. The zero-order chi connectivity index (χ0) is 12.3. The molecule has 3 nitrogen and oxygen atoms in total. The highest BCUT2D eigenvalue weighted by atomic mass is 35.5. The van der Waals surface area contributed by atoms with Gasteiger partial charge in [-0.25, -0.2) is 0 Å². The zero-order valence-electron chi connectivity index (χ0n) is 9.63. The maximum absolute atomic E-state index is 11.8.